The number of esters is 2. The van der Waals surface area contributed by atoms with E-state index in [1.807, 2.05) is 0 Å². The molecule has 122 valence electrons. The van der Waals surface area contributed by atoms with Gasteiger partial charge in [0.1, 0.15) is 0 Å². The molecular formula is C14H25NO6. The lowest BCUT2D eigenvalue weighted by atomic mass is 10.1. The highest BCUT2D eigenvalue weighted by molar-refractivity contribution is 5.72. The highest BCUT2D eigenvalue weighted by Crippen LogP contribution is 2.06. The second-order valence-corrected chi connectivity index (χ2v) is 5.29. The van der Waals surface area contributed by atoms with Gasteiger partial charge in [-0.25, -0.2) is 4.79 Å². The van der Waals surface area contributed by atoms with Gasteiger partial charge in [0.2, 0.25) is 6.79 Å². The molecule has 0 rings (SSSR count). The lowest BCUT2D eigenvalue weighted by Crippen LogP contribution is -2.29. The largest absolute Gasteiger partial charge is 0.444 e. The van der Waals surface area contributed by atoms with E-state index in [-0.39, 0.29) is 18.6 Å². The summed E-state index contributed by atoms with van der Waals surface area (Å²) in [5, 5.41) is 2.22. The molecule has 0 fully saturated rings. The Morgan fingerprint density at radius 3 is 2.24 bits per heavy atom. The van der Waals surface area contributed by atoms with Gasteiger partial charge < -0.3 is 14.2 Å². The summed E-state index contributed by atoms with van der Waals surface area (Å²) in [5.41, 5.74) is 0. The first-order valence-electron chi connectivity index (χ1n) is 7.05. The standard InChI is InChI=1S/C14H25NO6/c1-10(2)6-5-7-12(16)19-8-15-14(18)21-9-20-13(17)11(3)4/h10-11H,5-9H2,1-4H3,(H,15,18). The average Bonchev–Trinajstić information content (AvgIpc) is 2.37. The average molecular weight is 303 g/mol. The highest BCUT2D eigenvalue weighted by Gasteiger charge is 2.10. The third kappa shape index (κ3) is 11.7. The molecule has 0 aromatic carbocycles. The Morgan fingerprint density at radius 1 is 1.00 bits per heavy atom. The first-order valence-corrected chi connectivity index (χ1v) is 7.05. The van der Waals surface area contributed by atoms with Gasteiger partial charge in [-0.05, 0) is 12.3 Å². The van der Waals surface area contributed by atoms with Crippen LogP contribution in [0.25, 0.3) is 0 Å². The van der Waals surface area contributed by atoms with Crippen LogP contribution in [-0.2, 0) is 23.8 Å². The molecule has 0 aliphatic carbocycles. The van der Waals surface area contributed by atoms with Crippen molar-refractivity contribution in [3.8, 4) is 0 Å². The molecule has 0 saturated carbocycles. The third-order valence-electron chi connectivity index (χ3n) is 2.47. The molecule has 0 heterocycles. The molecule has 0 radical (unpaired) electrons. The summed E-state index contributed by atoms with van der Waals surface area (Å²) in [6, 6.07) is 0. The molecular weight excluding hydrogens is 278 g/mol. The fraction of sp³-hybridized carbons (Fsp3) is 0.786. The summed E-state index contributed by atoms with van der Waals surface area (Å²) in [5.74, 6) is -0.579. The van der Waals surface area contributed by atoms with Gasteiger partial charge in [0, 0.05) is 6.42 Å². The smallest absolute Gasteiger partial charge is 0.412 e. The second kappa shape index (κ2) is 10.9. The molecule has 0 aromatic heterocycles. The summed E-state index contributed by atoms with van der Waals surface area (Å²) in [4.78, 5) is 33.5. The van der Waals surface area contributed by atoms with Gasteiger partial charge in [0.05, 0.1) is 5.92 Å². The molecule has 7 nitrogen and oxygen atoms in total. The van der Waals surface area contributed by atoms with Crippen molar-refractivity contribution in [2.75, 3.05) is 13.5 Å². The van der Waals surface area contributed by atoms with E-state index < -0.39 is 18.9 Å². The second-order valence-electron chi connectivity index (χ2n) is 5.29. The summed E-state index contributed by atoms with van der Waals surface area (Å²) in [6.45, 7) is 6.76. The highest BCUT2D eigenvalue weighted by atomic mass is 16.7. The van der Waals surface area contributed by atoms with Crippen LogP contribution in [0.5, 0.6) is 0 Å². The van der Waals surface area contributed by atoms with E-state index in [1.54, 1.807) is 13.8 Å². The van der Waals surface area contributed by atoms with Crippen molar-refractivity contribution >= 4 is 18.0 Å². The first kappa shape index (κ1) is 19.2. The van der Waals surface area contributed by atoms with E-state index in [1.165, 1.54) is 0 Å². The van der Waals surface area contributed by atoms with Crippen LogP contribution in [-0.4, -0.2) is 31.6 Å². The molecule has 0 bridgehead atoms. The molecule has 0 spiro atoms. The molecule has 21 heavy (non-hydrogen) atoms. The number of carbonyl (C=O) groups is 3. The number of nitrogens with one attached hydrogen (secondary N) is 1. The van der Waals surface area contributed by atoms with E-state index in [0.29, 0.717) is 12.3 Å². The van der Waals surface area contributed by atoms with E-state index in [4.69, 9.17) is 4.74 Å². The number of carbonyl (C=O) groups excluding carboxylic acids is 3. The molecule has 0 saturated heterocycles. The molecule has 0 atom stereocenters. The molecule has 0 aliphatic rings. The van der Waals surface area contributed by atoms with Gasteiger partial charge >= 0.3 is 18.0 Å². The Hall–Kier alpha value is -1.79. The first-order chi connectivity index (χ1) is 9.82. The number of ether oxygens (including phenoxy) is 3. The molecule has 1 amide bonds. The van der Waals surface area contributed by atoms with Crippen LogP contribution < -0.4 is 5.32 Å². The fourth-order valence-corrected chi connectivity index (χ4v) is 1.26. The molecule has 7 heteroatoms. The van der Waals surface area contributed by atoms with Crippen molar-refractivity contribution in [2.45, 2.75) is 47.0 Å². The fourth-order valence-electron chi connectivity index (χ4n) is 1.26. The van der Waals surface area contributed by atoms with Crippen LogP contribution in [0.1, 0.15) is 47.0 Å². The predicted octanol–water partition coefficient (Wildman–Crippen LogP) is 2.20. The monoisotopic (exact) mass is 303 g/mol. The number of rotatable bonds is 9. The normalized spacial score (nSPS) is 10.4. The van der Waals surface area contributed by atoms with Crippen molar-refractivity contribution in [3.05, 3.63) is 0 Å². The molecule has 0 aromatic rings. The van der Waals surface area contributed by atoms with Crippen molar-refractivity contribution in [3.63, 3.8) is 0 Å². The quantitative estimate of drug-likeness (QED) is 0.518. The minimum atomic E-state index is -0.818. The van der Waals surface area contributed by atoms with E-state index in [0.717, 1.165) is 12.8 Å². The minimum Gasteiger partial charge on any atom is -0.444 e. The van der Waals surface area contributed by atoms with Gasteiger partial charge in [-0.15, -0.1) is 0 Å². The van der Waals surface area contributed by atoms with Crippen LogP contribution in [0, 0.1) is 11.8 Å². The Morgan fingerprint density at radius 2 is 1.67 bits per heavy atom. The number of alkyl carbamates (subject to hydrolysis) is 1. The maximum absolute atomic E-state index is 11.3. The van der Waals surface area contributed by atoms with Crippen molar-refractivity contribution < 1.29 is 28.6 Å². The number of amides is 1. The summed E-state index contributed by atoms with van der Waals surface area (Å²) >= 11 is 0. The summed E-state index contributed by atoms with van der Waals surface area (Å²) < 4.78 is 14.0. The van der Waals surface area contributed by atoms with E-state index in [9.17, 15) is 14.4 Å². The van der Waals surface area contributed by atoms with E-state index >= 15 is 0 Å². The zero-order valence-corrected chi connectivity index (χ0v) is 13.1. The Bertz CT molecular complexity index is 340. The van der Waals surface area contributed by atoms with Crippen LogP contribution in [0.15, 0.2) is 0 Å². The molecule has 0 unspecified atom stereocenters. The van der Waals surface area contributed by atoms with Gasteiger partial charge in [0.25, 0.3) is 0 Å². The molecule has 1 N–H and O–H groups in total. The van der Waals surface area contributed by atoms with Crippen LogP contribution in [0.4, 0.5) is 4.79 Å². The number of hydrogen-bond donors (Lipinski definition) is 1. The Labute approximate surface area is 125 Å². The van der Waals surface area contributed by atoms with Crippen molar-refractivity contribution in [1.29, 1.82) is 0 Å². The minimum absolute atomic E-state index is 0.266. The Kier molecular flexibility index (Phi) is 10.0. The van der Waals surface area contributed by atoms with Crippen LogP contribution in [0.3, 0.4) is 0 Å². The van der Waals surface area contributed by atoms with Gasteiger partial charge in [-0.1, -0.05) is 34.1 Å². The van der Waals surface area contributed by atoms with Gasteiger partial charge in [-0.2, -0.15) is 0 Å². The molecule has 0 aliphatic heterocycles. The SMILES string of the molecule is CC(C)CCCC(=O)OCNC(=O)OCOC(=O)C(C)C. The van der Waals surface area contributed by atoms with Crippen molar-refractivity contribution in [1.82, 2.24) is 5.32 Å². The van der Waals surface area contributed by atoms with Gasteiger partial charge in [-0.3, -0.25) is 14.9 Å². The lowest BCUT2D eigenvalue weighted by Gasteiger charge is -2.09. The Balaban J connectivity index is 3.57. The predicted molar refractivity (Wildman–Crippen MR) is 75.1 cm³/mol. The number of hydrogen-bond acceptors (Lipinski definition) is 6. The third-order valence-corrected chi connectivity index (χ3v) is 2.47. The topological polar surface area (TPSA) is 90.9 Å². The maximum Gasteiger partial charge on any atom is 0.412 e. The zero-order valence-electron chi connectivity index (χ0n) is 13.1. The summed E-state index contributed by atoms with van der Waals surface area (Å²) in [6.07, 6.45) is 1.21. The zero-order chi connectivity index (χ0) is 16.3. The maximum atomic E-state index is 11.3. The van der Waals surface area contributed by atoms with Crippen molar-refractivity contribution in [2.24, 2.45) is 11.8 Å². The summed E-state index contributed by atoms with van der Waals surface area (Å²) in [7, 11) is 0. The lowest BCUT2D eigenvalue weighted by molar-refractivity contribution is -0.155. The van der Waals surface area contributed by atoms with Crippen LogP contribution >= 0.6 is 0 Å². The van der Waals surface area contributed by atoms with E-state index in [2.05, 4.69) is 28.6 Å². The van der Waals surface area contributed by atoms with Gasteiger partial charge in [0.15, 0.2) is 6.73 Å². The van der Waals surface area contributed by atoms with Crippen LogP contribution in [0.2, 0.25) is 0 Å².